The van der Waals surface area contributed by atoms with E-state index in [4.69, 9.17) is 5.73 Å². The summed E-state index contributed by atoms with van der Waals surface area (Å²) in [6.07, 6.45) is 1.00. The van der Waals surface area contributed by atoms with E-state index in [1.807, 2.05) is 0 Å². The number of hydrogen-bond donors (Lipinski definition) is 1. The van der Waals surface area contributed by atoms with Gasteiger partial charge >= 0.3 is 0 Å². The minimum Gasteiger partial charge on any atom is -0.329 e. The maximum atomic E-state index is 5.92. The van der Waals surface area contributed by atoms with Gasteiger partial charge in [-0.05, 0) is 26.5 Å². The van der Waals surface area contributed by atoms with Gasteiger partial charge in [0, 0.05) is 45.3 Å². The van der Waals surface area contributed by atoms with E-state index in [9.17, 15) is 0 Å². The number of nitrogens with two attached hydrogens (primary N) is 1. The number of hydrogen-bond acceptors (Lipinski definition) is 4. The molecule has 1 fully saturated rings. The number of piperazine rings is 1. The Balaban J connectivity index is 2.08. The molecule has 1 aromatic heterocycles. The van der Waals surface area contributed by atoms with E-state index in [0.29, 0.717) is 6.04 Å². The standard InChI is InChI=1S/C14H27N5/c1-4-12-8-13(19(5-2)16-12)11-18-7-6-17(3)10-14(18)9-15/h8,14H,4-7,9-11,15H2,1-3H3. The molecular weight excluding hydrogens is 238 g/mol. The van der Waals surface area contributed by atoms with Crippen molar-refractivity contribution >= 4 is 0 Å². The number of aryl methyl sites for hydroxylation is 2. The largest absolute Gasteiger partial charge is 0.329 e. The summed E-state index contributed by atoms with van der Waals surface area (Å²) in [5.41, 5.74) is 8.43. The average Bonchev–Trinajstić information content (AvgIpc) is 2.83. The second kappa shape index (κ2) is 6.50. The predicted molar refractivity (Wildman–Crippen MR) is 78.0 cm³/mol. The van der Waals surface area contributed by atoms with Gasteiger partial charge in [0.1, 0.15) is 0 Å². The molecule has 2 N–H and O–H groups in total. The summed E-state index contributed by atoms with van der Waals surface area (Å²) in [7, 11) is 2.17. The summed E-state index contributed by atoms with van der Waals surface area (Å²) in [5, 5.41) is 4.63. The lowest BCUT2D eigenvalue weighted by Crippen LogP contribution is -2.54. The predicted octanol–water partition coefficient (Wildman–Crippen LogP) is 0.540. The SMILES string of the molecule is CCc1cc(CN2CCN(C)CC2CN)n(CC)n1. The van der Waals surface area contributed by atoms with E-state index in [1.165, 1.54) is 11.4 Å². The Bertz CT molecular complexity index is 401. The average molecular weight is 265 g/mol. The first kappa shape index (κ1) is 14.5. The van der Waals surface area contributed by atoms with E-state index in [0.717, 1.165) is 45.7 Å². The Morgan fingerprint density at radius 1 is 1.37 bits per heavy atom. The number of likely N-dealkylation sites (N-methyl/N-ethyl adjacent to an activating group) is 1. The van der Waals surface area contributed by atoms with Crippen molar-refractivity contribution in [2.45, 2.75) is 39.4 Å². The number of rotatable bonds is 5. The van der Waals surface area contributed by atoms with Crippen LogP contribution in [0.15, 0.2) is 6.07 Å². The van der Waals surface area contributed by atoms with Crippen molar-refractivity contribution in [1.82, 2.24) is 19.6 Å². The zero-order valence-electron chi connectivity index (χ0n) is 12.5. The van der Waals surface area contributed by atoms with Crippen LogP contribution in [0.3, 0.4) is 0 Å². The van der Waals surface area contributed by atoms with Crippen LogP contribution in [0.1, 0.15) is 25.2 Å². The van der Waals surface area contributed by atoms with Crippen LogP contribution in [0.2, 0.25) is 0 Å². The third-order valence-electron chi connectivity index (χ3n) is 4.02. The summed E-state index contributed by atoms with van der Waals surface area (Å²) >= 11 is 0. The quantitative estimate of drug-likeness (QED) is 0.844. The van der Waals surface area contributed by atoms with E-state index in [2.05, 4.69) is 46.5 Å². The van der Waals surface area contributed by atoms with Gasteiger partial charge in [-0.15, -0.1) is 0 Å². The second-order valence-electron chi connectivity index (χ2n) is 5.42. The van der Waals surface area contributed by atoms with E-state index >= 15 is 0 Å². The number of nitrogens with zero attached hydrogens (tertiary/aromatic N) is 4. The van der Waals surface area contributed by atoms with Gasteiger partial charge < -0.3 is 10.6 Å². The van der Waals surface area contributed by atoms with Crippen LogP contribution < -0.4 is 5.73 Å². The number of aromatic nitrogens is 2. The Hall–Kier alpha value is -0.910. The molecule has 108 valence electrons. The topological polar surface area (TPSA) is 50.3 Å². The van der Waals surface area contributed by atoms with Crippen LogP contribution >= 0.6 is 0 Å². The summed E-state index contributed by atoms with van der Waals surface area (Å²) in [4.78, 5) is 4.87. The molecule has 5 nitrogen and oxygen atoms in total. The lowest BCUT2D eigenvalue weighted by Gasteiger charge is -2.39. The molecule has 1 unspecified atom stereocenters. The molecule has 0 aliphatic carbocycles. The molecule has 0 aromatic carbocycles. The molecule has 0 radical (unpaired) electrons. The molecule has 2 rings (SSSR count). The van der Waals surface area contributed by atoms with Crippen LogP contribution in [0.5, 0.6) is 0 Å². The summed E-state index contributed by atoms with van der Waals surface area (Å²) in [6, 6.07) is 2.71. The maximum Gasteiger partial charge on any atom is 0.0625 e. The normalized spacial score (nSPS) is 22.0. The van der Waals surface area contributed by atoms with Gasteiger partial charge in [0.05, 0.1) is 11.4 Å². The maximum absolute atomic E-state index is 5.92. The van der Waals surface area contributed by atoms with Gasteiger partial charge in [-0.25, -0.2) is 0 Å². The van der Waals surface area contributed by atoms with Crippen LogP contribution in [-0.2, 0) is 19.5 Å². The molecule has 1 atom stereocenters. The van der Waals surface area contributed by atoms with Crippen LogP contribution in [0.25, 0.3) is 0 Å². The minimum atomic E-state index is 0.462. The van der Waals surface area contributed by atoms with Crippen molar-refractivity contribution in [3.63, 3.8) is 0 Å². The van der Waals surface area contributed by atoms with Crippen LogP contribution in [0, 0.1) is 0 Å². The molecule has 5 heteroatoms. The first-order valence-corrected chi connectivity index (χ1v) is 7.36. The van der Waals surface area contributed by atoms with Gasteiger partial charge in [-0.2, -0.15) is 5.10 Å². The minimum absolute atomic E-state index is 0.462. The molecule has 1 aromatic rings. The van der Waals surface area contributed by atoms with Gasteiger partial charge in [-0.1, -0.05) is 6.92 Å². The Morgan fingerprint density at radius 2 is 2.16 bits per heavy atom. The zero-order chi connectivity index (χ0) is 13.8. The lowest BCUT2D eigenvalue weighted by atomic mass is 10.1. The van der Waals surface area contributed by atoms with Crippen molar-refractivity contribution in [2.75, 3.05) is 33.2 Å². The van der Waals surface area contributed by atoms with Gasteiger partial charge in [0.15, 0.2) is 0 Å². The van der Waals surface area contributed by atoms with E-state index < -0.39 is 0 Å². The van der Waals surface area contributed by atoms with Crippen LogP contribution in [-0.4, -0.2) is 58.8 Å². The molecule has 0 amide bonds. The summed E-state index contributed by atoms with van der Waals surface area (Å²) < 4.78 is 2.13. The fourth-order valence-corrected chi connectivity index (χ4v) is 2.78. The van der Waals surface area contributed by atoms with Crippen molar-refractivity contribution < 1.29 is 0 Å². The van der Waals surface area contributed by atoms with E-state index in [1.54, 1.807) is 0 Å². The first-order valence-electron chi connectivity index (χ1n) is 7.36. The highest BCUT2D eigenvalue weighted by Gasteiger charge is 2.25. The first-order chi connectivity index (χ1) is 9.17. The monoisotopic (exact) mass is 265 g/mol. The Morgan fingerprint density at radius 3 is 2.79 bits per heavy atom. The van der Waals surface area contributed by atoms with Gasteiger partial charge in [0.25, 0.3) is 0 Å². The third kappa shape index (κ3) is 3.35. The smallest absolute Gasteiger partial charge is 0.0625 e. The molecule has 0 saturated carbocycles. The summed E-state index contributed by atoms with van der Waals surface area (Å²) in [5.74, 6) is 0. The molecule has 19 heavy (non-hydrogen) atoms. The van der Waals surface area contributed by atoms with Crippen molar-refractivity contribution in [3.05, 3.63) is 17.5 Å². The second-order valence-corrected chi connectivity index (χ2v) is 5.42. The molecule has 1 aliphatic heterocycles. The molecule has 2 heterocycles. The lowest BCUT2D eigenvalue weighted by molar-refractivity contribution is 0.0857. The zero-order valence-corrected chi connectivity index (χ0v) is 12.5. The fraction of sp³-hybridized carbons (Fsp3) is 0.786. The van der Waals surface area contributed by atoms with Gasteiger partial charge in [0.2, 0.25) is 0 Å². The highest BCUT2D eigenvalue weighted by molar-refractivity contribution is 5.11. The molecule has 1 saturated heterocycles. The van der Waals surface area contributed by atoms with Gasteiger partial charge in [-0.3, -0.25) is 9.58 Å². The summed E-state index contributed by atoms with van der Waals surface area (Å²) in [6.45, 7) is 10.2. The highest BCUT2D eigenvalue weighted by atomic mass is 15.3. The Kier molecular flexibility index (Phi) is 4.96. The van der Waals surface area contributed by atoms with E-state index in [-0.39, 0.29) is 0 Å². The Labute approximate surface area is 116 Å². The highest BCUT2D eigenvalue weighted by Crippen LogP contribution is 2.14. The van der Waals surface area contributed by atoms with Crippen molar-refractivity contribution in [1.29, 1.82) is 0 Å². The molecule has 0 bridgehead atoms. The van der Waals surface area contributed by atoms with Crippen molar-refractivity contribution in [2.24, 2.45) is 5.73 Å². The molecular formula is C14H27N5. The fourth-order valence-electron chi connectivity index (χ4n) is 2.78. The molecule has 1 aliphatic rings. The molecule has 0 spiro atoms. The third-order valence-corrected chi connectivity index (χ3v) is 4.02. The van der Waals surface area contributed by atoms with Crippen LogP contribution in [0.4, 0.5) is 0 Å². The van der Waals surface area contributed by atoms with Crippen molar-refractivity contribution in [3.8, 4) is 0 Å².